The lowest BCUT2D eigenvalue weighted by Crippen LogP contribution is -2.16. The lowest BCUT2D eigenvalue weighted by atomic mass is 10.3. The maximum absolute atomic E-state index is 13.0. The monoisotopic (exact) mass is 301 g/mol. The Morgan fingerprint density at radius 1 is 1.36 bits per heavy atom. The summed E-state index contributed by atoms with van der Waals surface area (Å²) in [4.78, 5) is 12.2. The molecule has 114 valence electrons. The van der Waals surface area contributed by atoms with Crippen molar-refractivity contribution < 1.29 is 9.13 Å². The molecule has 7 heteroatoms. The zero-order valence-electron chi connectivity index (χ0n) is 12.1. The predicted octanol–water partition coefficient (Wildman–Crippen LogP) is 2.27. The van der Waals surface area contributed by atoms with Gasteiger partial charge in [-0.2, -0.15) is 5.10 Å². The van der Waals surface area contributed by atoms with Crippen molar-refractivity contribution in [3.8, 4) is 6.01 Å². The molecule has 1 heterocycles. The molecule has 0 aliphatic heterocycles. The van der Waals surface area contributed by atoms with E-state index in [-0.39, 0.29) is 18.4 Å². The van der Waals surface area contributed by atoms with Crippen LogP contribution in [0.2, 0.25) is 0 Å². The molecule has 0 aliphatic carbocycles. The third-order valence-electron chi connectivity index (χ3n) is 2.78. The van der Waals surface area contributed by atoms with E-state index in [4.69, 9.17) is 10.6 Å². The van der Waals surface area contributed by atoms with E-state index in [1.165, 1.54) is 18.3 Å². The molecular formula is C15H16FN5O. The highest BCUT2D eigenvalue weighted by atomic mass is 19.1. The maximum atomic E-state index is 13.0. The molecule has 0 spiro atoms. The van der Waals surface area contributed by atoms with Gasteiger partial charge in [-0.3, -0.25) is 4.99 Å². The molecule has 0 fully saturated rings. The number of hydrazone groups is 1. The lowest BCUT2D eigenvalue weighted by Gasteiger charge is -2.03. The number of benzene rings is 1. The zero-order valence-corrected chi connectivity index (χ0v) is 12.1. The van der Waals surface area contributed by atoms with E-state index < -0.39 is 0 Å². The summed E-state index contributed by atoms with van der Waals surface area (Å²) >= 11 is 0. The van der Waals surface area contributed by atoms with Crippen LogP contribution in [0.25, 0.3) is 0 Å². The van der Waals surface area contributed by atoms with Gasteiger partial charge in [-0.25, -0.2) is 14.4 Å². The molecule has 1 aromatic carbocycles. The number of nitrogens with two attached hydrogens (primary N) is 1. The largest absolute Gasteiger partial charge is 0.457 e. The van der Waals surface area contributed by atoms with E-state index in [2.05, 4.69) is 20.1 Å². The van der Waals surface area contributed by atoms with Crippen molar-refractivity contribution in [2.75, 3.05) is 6.61 Å². The maximum Gasteiger partial charge on any atom is 0.316 e. The van der Waals surface area contributed by atoms with Crippen LogP contribution in [0, 0.1) is 5.82 Å². The second-order valence-electron chi connectivity index (χ2n) is 4.37. The van der Waals surface area contributed by atoms with Crippen LogP contribution >= 0.6 is 0 Å². The van der Waals surface area contributed by atoms with Crippen molar-refractivity contribution >= 4 is 17.6 Å². The quantitative estimate of drug-likeness (QED) is 0.504. The number of ether oxygens (including phenoxy) is 1. The van der Waals surface area contributed by atoms with Crippen LogP contribution in [0.15, 0.2) is 46.8 Å². The molecule has 0 aliphatic rings. The third kappa shape index (κ3) is 4.62. The number of hydrogen-bond donors (Lipinski definition) is 1. The van der Waals surface area contributed by atoms with Gasteiger partial charge in [0.15, 0.2) is 0 Å². The van der Waals surface area contributed by atoms with Gasteiger partial charge in [-0.05, 0) is 30.2 Å². The van der Waals surface area contributed by atoms with Crippen LogP contribution in [-0.2, 0) is 6.42 Å². The van der Waals surface area contributed by atoms with Gasteiger partial charge in [0.05, 0.1) is 11.9 Å². The topological polar surface area (TPSA) is 85.8 Å². The van der Waals surface area contributed by atoms with Crippen LogP contribution < -0.4 is 10.6 Å². The van der Waals surface area contributed by atoms with Crippen molar-refractivity contribution in [3.05, 3.63) is 48.0 Å². The summed E-state index contributed by atoms with van der Waals surface area (Å²) in [7, 11) is 0. The molecule has 2 rings (SSSR count). The molecule has 2 N–H and O–H groups in total. The van der Waals surface area contributed by atoms with Gasteiger partial charge in [0, 0.05) is 12.4 Å². The zero-order chi connectivity index (χ0) is 15.8. The summed E-state index contributed by atoms with van der Waals surface area (Å²) in [6.45, 7) is 2.09. The Hall–Kier alpha value is -2.83. The highest BCUT2D eigenvalue weighted by Crippen LogP contribution is 2.12. The van der Waals surface area contributed by atoms with Gasteiger partial charge in [-0.15, -0.1) is 0 Å². The van der Waals surface area contributed by atoms with Gasteiger partial charge in [0.2, 0.25) is 0 Å². The molecule has 22 heavy (non-hydrogen) atoms. The fourth-order valence-corrected chi connectivity index (χ4v) is 1.55. The first-order valence-electron chi connectivity index (χ1n) is 6.71. The summed E-state index contributed by atoms with van der Waals surface area (Å²) in [5.74, 6) is 4.92. The molecule has 0 radical (unpaired) electrons. The molecule has 0 unspecified atom stereocenters. The van der Waals surface area contributed by atoms with Crippen LogP contribution in [-0.4, -0.2) is 28.5 Å². The minimum Gasteiger partial charge on any atom is -0.457 e. The lowest BCUT2D eigenvalue weighted by molar-refractivity contribution is 0.346. The van der Waals surface area contributed by atoms with Crippen molar-refractivity contribution in [1.82, 2.24) is 9.97 Å². The number of hydrogen-bond acceptors (Lipinski definition) is 6. The number of halogens is 1. The summed E-state index contributed by atoms with van der Waals surface area (Å²) in [5.41, 5.74) is 1.87. The van der Waals surface area contributed by atoms with Gasteiger partial charge >= 0.3 is 6.01 Å². The fourth-order valence-electron chi connectivity index (χ4n) is 1.55. The Kier molecular flexibility index (Phi) is 5.53. The Bertz CT molecular complexity index is 670. The average Bonchev–Trinajstić information content (AvgIpc) is 2.55. The second-order valence-corrected chi connectivity index (χ2v) is 4.37. The average molecular weight is 301 g/mol. The van der Waals surface area contributed by atoms with Crippen LogP contribution in [0.1, 0.15) is 12.5 Å². The first-order chi connectivity index (χ1) is 10.7. The van der Waals surface area contributed by atoms with Crippen LogP contribution in [0.3, 0.4) is 0 Å². The summed E-state index contributed by atoms with van der Waals surface area (Å²) in [6.07, 6.45) is 5.66. The molecule has 0 atom stereocenters. The predicted molar refractivity (Wildman–Crippen MR) is 83.1 cm³/mol. The summed E-state index contributed by atoms with van der Waals surface area (Å²) < 4.78 is 18.4. The van der Waals surface area contributed by atoms with E-state index >= 15 is 0 Å². The second kappa shape index (κ2) is 7.82. The summed E-state index contributed by atoms with van der Waals surface area (Å²) in [6, 6.07) is 6.12. The van der Waals surface area contributed by atoms with Crippen LogP contribution in [0.4, 0.5) is 10.1 Å². The minimum absolute atomic E-state index is 0.0702. The molecule has 0 amide bonds. The summed E-state index contributed by atoms with van der Waals surface area (Å²) in [5, 5.41) is 3.57. The molecule has 0 bridgehead atoms. The van der Waals surface area contributed by atoms with E-state index in [1.54, 1.807) is 24.5 Å². The Morgan fingerprint density at radius 3 is 2.77 bits per heavy atom. The number of rotatable bonds is 6. The van der Waals surface area contributed by atoms with Crippen molar-refractivity contribution in [2.45, 2.75) is 13.3 Å². The third-order valence-corrected chi connectivity index (χ3v) is 2.78. The smallest absolute Gasteiger partial charge is 0.316 e. The Labute approximate surface area is 127 Å². The van der Waals surface area contributed by atoms with Crippen molar-refractivity contribution in [2.24, 2.45) is 15.9 Å². The number of aryl methyl sites for hydroxylation is 1. The molecule has 6 nitrogen and oxygen atoms in total. The first-order valence-corrected chi connectivity index (χ1v) is 6.71. The van der Waals surface area contributed by atoms with Gasteiger partial charge in [0.25, 0.3) is 0 Å². The first kappa shape index (κ1) is 15.6. The van der Waals surface area contributed by atoms with Crippen LogP contribution in [0.5, 0.6) is 6.01 Å². The minimum atomic E-state index is -0.360. The molecule has 2 aromatic rings. The van der Waals surface area contributed by atoms with Gasteiger partial charge in [-0.1, -0.05) is 13.0 Å². The van der Waals surface area contributed by atoms with Gasteiger partial charge in [0.1, 0.15) is 18.1 Å². The standard InChI is InChI=1S/C15H16FN5O/c1-2-11-7-19-15(20-8-11)22-10-14(21-17)9-18-13-5-3-4-12(16)6-13/h3-9H,2,10,17H2,1H3. The highest BCUT2D eigenvalue weighted by molar-refractivity contribution is 6.31. The van der Waals surface area contributed by atoms with Crippen molar-refractivity contribution in [3.63, 3.8) is 0 Å². The van der Waals surface area contributed by atoms with E-state index in [9.17, 15) is 4.39 Å². The molecular weight excluding hydrogens is 285 g/mol. The normalized spacial score (nSPS) is 11.8. The Morgan fingerprint density at radius 2 is 2.14 bits per heavy atom. The molecule has 1 aromatic heterocycles. The molecule has 0 saturated heterocycles. The number of nitrogens with zero attached hydrogens (tertiary/aromatic N) is 4. The number of aromatic nitrogens is 2. The Balaban J connectivity index is 1.94. The SMILES string of the molecule is CCc1cnc(OCC(C=Nc2cccc(F)c2)=NN)nc1. The fraction of sp³-hybridized carbons (Fsp3) is 0.200. The van der Waals surface area contributed by atoms with Crippen molar-refractivity contribution in [1.29, 1.82) is 0 Å². The van der Waals surface area contributed by atoms with Gasteiger partial charge < -0.3 is 10.6 Å². The van der Waals surface area contributed by atoms with E-state index in [0.29, 0.717) is 11.4 Å². The van der Waals surface area contributed by atoms with E-state index in [0.717, 1.165) is 12.0 Å². The highest BCUT2D eigenvalue weighted by Gasteiger charge is 2.02. The molecule has 0 saturated carbocycles. The van der Waals surface area contributed by atoms with E-state index in [1.807, 2.05) is 6.92 Å². The number of aliphatic imine (C=N–C) groups is 1.